The van der Waals surface area contributed by atoms with Crippen molar-refractivity contribution < 1.29 is 14.3 Å². The van der Waals surface area contributed by atoms with Crippen molar-refractivity contribution in [3.63, 3.8) is 0 Å². The van der Waals surface area contributed by atoms with Gasteiger partial charge < -0.3 is 18.9 Å². The summed E-state index contributed by atoms with van der Waals surface area (Å²) in [6.07, 6.45) is 5.56. The third-order valence-electron chi connectivity index (χ3n) is 5.19. The van der Waals surface area contributed by atoms with Gasteiger partial charge in [0.05, 0.1) is 23.5 Å². The fraction of sp³-hybridized carbons (Fsp3) is 0.800. The van der Waals surface area contributed by atoms with E-state index in [0.717, 1.165) is 37.4 Å². The molecule has 23 heavy (non-hydrogen) atoms. The average molecular weight is 340 g/mol. The number of likely N-dealkylation sites (tertiary alicyclic amines) is 1. The first-order valence-corrected chi connectivity index (χ1v) is 8.92. The summed E-state index contributed by atoms with van der Waals surface area (Å²) < 4.78 is 13.2. The van der Waals surface area contributed by atoms with Crippen LogP contribution in [0.1, 0.15) is 25.7 Å². The van der Waals surface area contributed by atoms with Gasteiger partial charge in [0, 0.05) is 27.8 Å². The zero-order chi connectivity index (χ0) is 16.4. The second-order valence-electron chi connectivity index (χ2n) is 6.27. The van der Waals surface area contributed by atoms with E-state index >= 15 is 0 Å². The van der Waals surface area contributed by atoms with Crippen molar-refractivity contribution in [1.29, 1.82) is 0 Å². The Hall–Kier alpha value is -1.12. The summed E-state index contributed by atoms with van der Waals surface area (Å²) in [6.45, 7) is 0.757. The minimum absolute atomic E-state index is 0.110. The summed E-state index contributed by atoms with van der Waals surface area (Å²) in [4.78, 5) is 14.7. The molecule has 1 aromatic rings. The normalized spacial score (nSPS) is 30.5. The number of aromatic nitrogens is 3. The van der Waals surface area contributed by atoms with Crippen LogP contribution in [0, 0.1) is 0 Å². The molecule has 0 radical (unpaired) electrons. The van der Waals surface area contributed by atoms with Crippen LogP contribution in [0.15, 0.2) is 11.5 Å². The fourth-order valence-electron chi connectivity index (χ4n) is 3.79. The van der Waals surface area contributed by atoms with Gasteiger partial charge in [-0.05, 0) is 25.7 Å². The number of fused-ring (bicyclic) bond motifs is 1. The number of hydrogen-bond donors (Lipinski definition) is 0. The lowest BCUT2D eigenvalue weighted by Gasteiger charge is -2.43. The minimum atomic E-state index is -0.194. The number of amides is 1. The van der Waals surface area contributed by atoms with Gasteiger partial charge >= 0.3 is 0 Å². The predicted molar refractivity (Wildman–Crippen MR) is 86.2 cm³/mol. The molecule has 1 aliphatic heterocycles. The van der Waals surface area contributed by atoms with Crippen LogP contribution in [0.4, 0.5) is 0 Å². The van der Waals surface area contributed by atoms with Gasteiger partial charge in [0.15, 0.2) is 5.16 Å². The van der Waals surface area contributed by atoms with Crippen molar-refractivity contribution in [1.82, 2.24) is 19.7 Å². The molecule has 0 spiro atoms. The van der Waals surface area contributed by atoms with Gasteiger partial charge in [-0.15, -0.1) is 10.2 Å². The highest BCUT2D eigenvalue weighted by atomic mass is 32.2. The van der Waals surface area contributed by atoms with Crippen molar-refractivity contribution in [3.05, 3.63) is 6.33 Å². The number of ether oxygens (including phenoxy) is 2. The predicted octanol–water partition coefficient (Wildman–Crippen LogP) is 1.09. The van der Waals surface area contributed by atoms with Crippen molar-refractivity contribution in [2.75, 3.05) is 26.5 Å². The zero-order valence-corrected chi connectivity index (χ0v) is 14.7. The number of nitrogens with zero attached hydrogens (tertiary/aromatic N) is 4. The molecule has 7 nitrogen and oxygen atoms in total. The molecule has 2 heterocycles. The summed E-state index contributed by atoms with van der Waals surface area (Å²) in [5.74, 6) is 0.513. The van der Waals surface area contributed by atoms with Crippen molar-refractivity contribution >= 4 is 17.7 Å². The van der Waals surface area contributed by atoms with E-state index in [9.17, 15) is 4.79 Å². The van der Waals surface area contributed by atoms with Crippen LogP contribution in [-0.2, 0) is 21.3 Å². The molecule has 1 aromatic heterocycles. The Morgan fingerprint density at radius 2 is 2.30 bits per heavy atom. The van der Waals surface area contributed by atoms with Crippen LogP contribution in [0.25, 0.3) is 0 Å². The molecule has 2 fully saturated rings. The zero-order valence-electron chi connectivity index (χ0n) is 13.9. The lowest BCUT2D eigenvalue weighted by Crippen LogP contribution is -2.53. The number of hydrogen-bond acceptors (Lipinski definition) is 6. The van der Waals surface area contributed by atoms with Crippen LogP contribution in [0.5, 0.6) is 0 Å². The highest BCUT2D eigenvalue weighted by Crippen LogP contribution is 2.43. The first kappa shape index (κ1) is 16.7. The van der Waals surface area contributed by atoms with Gasteiger partial charge in [0.1, 0.15) is 6.33 Å². The fourth-order valence-corrected chi connectivity index (χ4v) is 4.56. The Morgan fingerprint density at radius 3 is 2.96 bits per heavy atom. The molecular formula is C15H24N4O3S. The average Bonchev–Trinajstić information content (AvgIpc) is 3.15. The molecule has 8 heteroatoms. The van der Waals surface area contributed by atoms with Gasteiger partial charge in [0.25, 0.3) is 0 Å². The topological polar surface area (TPSA) is 69.5 Å². The Labute approximate surface area is 140 Å². The van der Waals surface area contributed by atoms with Gasteiger partial charge in [-0.25, -0.2) is 0 Å². The summed E-state index contributed by atoms with van der Waals surface area (Å²) in [6, 6.07) is 0.110. The molecule has 1 saturated carbocycles. The van der Waals surface area contributed by atoms with E-state index in [2.05, 4.69) is 10.2 Å². The third kappa shape index (κ3) is 3.12. The van der Waals surface area contributed by atoms with Gasteiger partial charge in [-0.1, -0.05) is 11.8 Å². The van der Waals surface area contributed by atoms with Crippen LogP contribution < -0.4 is 0 Å². The van der Waals surface area contributed by atoms with Gasteiger partial charge in [-0.3, -0.25) is 4.79 Å². The van der Waals surface area contributed by atoms with Gasteiger partial charge in [-0.2, -0.15) is 0 Å². The summed E-state index contributed by atoms with van der Waals surface area (Å²) >= 11 is 1.43. The van der Waals surface area contributed by atoms with Crippen molar-refractivity contribution in [2.24, 2.45) is 7.05 Å². The minimum Gasteiger partial charge on any atom is -0.381 e. The number of thioether (sulfide) groups is 1. The molecule has 128 valence electrons. The third-order valence-corrected chi connectivity index (χ3v) is 6.21. The molecule has 1 aliphatic carbocycles. The van der Waals surface area contributed by atoms with Crippen LogP contribution in [0.2, 0.25) is 0 Å². The van der Waals surface area contributed by atoms with E-state index in [1.165, 1.54) is 11.8 Å². The van der Waals surface area contributed by atoms with Crippen LogP contribution >= 0.6 is 11.8 Å². The van der Waals surface area contributed by atoms with E-state index in [-0.39, 0.29) is 23.7 Å². The molecule has 0 aromatic carbocycles. The number of carbonyl (C=O) groups excluding carboxylic acids is 1. The Morgan fingerprint density at radius 1 is 1.48 bits per heavy atom. The molecule has 3 atom stereocenters. The van der Waals surface area contributed by atoms with Crippen molar-refractivity contribution in [2.45, 2.75) is 48.6 Å². The smallest absolute Gasteiger partial charge is 0.233 e. The first-order valence-electron chi connectivity index (χ1n) is 7.94. The summed E-state index contributed by atoms with van der Waals surface area (Å²) in [7, 11) is 5.39. The lowest BCUT2D eigenvalue weighted by atomic mass is 9.79. The molecule has 0 N–H and O–H groups in total. The second-order valence-corrected chi connectivity index (χ2v) is 7.21. The maximum Gasteiger partial charge on any atom is 0.233 e. The highest BCUT2D eigenvalue weighted by molar-refractivity contribution is 7.99. The molecule has 0 bridgehead atoms. The van der Waals surface area contributed by atoms with E-state index < -0.39 is 0 Å². The summed E-state index contributed by atoms with van der Waals surface area (Å²) in [5.41, 5.74) is -0.194. The Balaban J connectivity index is 1.67. The molecular weight excluding hydrogens is 316 g/mol. The quantitative estimate of drug-likeness (QED) is 0.748. The number of methoxy groups -OCH3 is 2. The highest BCUT2D eigenvalue weighted by Gasteiger charge is 2.52. The second kappa shape index (κ2) is 6.78. The largest absolute Gasteiger partial charge is 0.381 e. The maximum atomic E-state index is 12.7. The van der Waals surface area contributed by atoms with E-state index in [0.29, 0.717) is 5.75 Å². The lowest BCUT2D eigenvalue weighted by molar-refractivity contribution is -0.138. The first-order chi connectivity index (χ1) is 11.1. The molecule has 1 saturated heterocycles. The van der Waals surface area contributed by atoms with Crippen LogP contribution in [0.3, 0.4) is 0 Å². The van der Waals surface area contributed by atoms with Crippen LogP contribution in [-0.4, -0.2) is 69.8 Å². The SMILES string of the molecule is COC1CCC2(OC)CCN(C(=O)CSc3nncn3C)C2C1. The molecule has 2 aliphatic rings. The van der Waals surface area contributed by atoms with E-state index in [1.807, 2.05) is 16.5 Å². The number of rotatable bonds is 5. The summed E-state index contributed by atoms with van der Waals surface area (Å²) in [5, 5.41) is 8.61. The number of carbonyl (C=O) groups is 1. The maximum absolute atomic E-state index is 12.7. The molecule has 3 unspecified atom stereocenters. The Bertz CT molecular complexity index is 567. The monoisotopic (exact) mass is 340 g/mol. The van der Waals surface area contributed by atoms with Crippen molar-refractivity contribution in [3.8, 4) is 0 Å². The standard InChI is InChI=1S/C15H24N4O3S/c1-18-10-16-17-14(18)23-9-13(20)19-7-6-15(22-3)5-4-11(21-2)8-12(15)19/h10-12H,4-9H2,1-3H3. The molecule has 1 amide bonds. The van der Waals surface area contributed by atoms with E-state index in [4.69, 9.17) is 9.47 Å². The Kier molecular flexibility index (Phi) is 4.93. The van der Waals surface area contributed by atoms with E-state index in [1.54, 1.807) is 20.5 Å². The molecule has 3 rings (SSSR count). The van der Waals surface area contributed by atoms with Gasteiger partial charge in [0.2, 0.25) is 5.91 Å². The number of aryl methyl sites for hydroxylation is 1.